The Morgan fingerprint density at radius 3 is 2.30 bits per heavy atom. The lowest BCUT2D eigenvalue weighted by atomic mass is 9.87. The zero-order valence-corrected chi connectivity index (χ0v) is 16.1. The number of guanidine groups is 1. The third kappa shape index (κ3) is 4.01. The van der Waals surface area contributed by atoms with Gasteiger partial charge in [0.05, 0.1) is 6.61 Å². The highest BCUT2D eigenvalue weighted by molar-refractivity contribution is 5.80. The van der Waals surface area contributed by atoms with Gasteiger partial charge in [0.2, 0.25) is 0 Å². The summed E-state index contributed by atoms with van der Waals surface area (Å²) >= 11 is 0. The van der Waals surface area contributed by atoms with Crippen LogP contribution in [0, 0.1) is 5.41 Å². The maximum absolute atomic E-state index is 5.67. The molecule has 1 spiro atoms. The molecular weight excluding hydrogens is 334 g/mol. The smallest absolute Gasteiger partial charge is 0.193 e. The number of ether oxygens (including phenoxy) is 1. The Balaban J connectivity index is 1.47. The van der Waals surface area contributed by atoms with E-state index in [-0.39, 0.29) is 0 Å². The molecule has 142 valence electrons. The molecule has 4 nitrogen and oxygen atoms in total. The van der Waals surface area contributed by atoms with Crippen LogP contribution in [0.2, 0.25) is 0 Å². The monoisotopic (exact) mass is 363 g/mol. The van der Waals surface area contributed by atoms with Crippen LogP contribution in [0.1, 0.15) is 29.9 Å². The Labute approximate surface area is 162 Å². The van der Waals surface area contributed by atoms with Gasteiger partial charge in [-0.05, 0) is 24.0 Å². The Bertz CT molecular complexity index is 714. The molecule has 0 aliphatic carbocycles. The number of benzene rings is 2. The van der Waals surface area contributed by atoms with Crippen LogP contribution < -0.4 is 5.32 Å². The van der Waals surface area contributed by atoms with E-state index in [4.69, 9.17) is 4.74 Å². The molecule has 2 heterocycles. The molecule has 0 aromatic heterocycles. The van der Waals surface area contributed by atoms with Gasteiger partial charge in [0.1, 0.15) is 0 Å². The quantitative estimate of drug-likeness (QED) is 0.667. The van der Waals surface area contributed by atoms with Crippen molar-refractivity contribution < 1.29 is 4.74 Å². The summed E-state index contributed by atoms with van der Waals surface area (Å²) in [5.41, 5.74) is 3.00. The molecule has 2 aromatic carbocycles. The van der Waals surface area contributed by atoms with E-state index in [9.17, 15) is 0 Å². The number of likely N-dealkylation sites (tertiary alicyclic amines) is 1. The molecular formula is C23H29N3O. The number of rotatable bonds is 4. The summed E-state index contributed by atoms with van der Waals surface area (Å²) in [6.07, 6.45) is 2.38. The lowest BCUT2D eigenvalue weighted by Gasteiger charge is -2.27. The second-order valence-electron chi connectivity index (χ2n) is 7.78. The standard InChI is InChI=1S/C23H29N3O/c1-24-22(26-14-12-23(17-26)13-15-27-18-23)25-16-21(19-8-4-2-5-9-19)20-10-6-3-7-11-20/h2-11,21H,12-18H2,1H3,(H,24,25). The number of nitrogens with one attached hydrogen (secondary N) is 1. The van der Waals surface area contributed by atoms with E-state index < -0.39 is 0 Å². The maximum atomic E-state index is 5.67. The van der Waals surface area contributed by atoms with Gasteiger partial charge in [-0.15, -0.1) is 0 Å². The van der Waals surface area contributed by atoms with Crippen LogP contribution in [0.3, 0.4) is 0 Å². The summed E-state index contributed by atoms with van der Waals surface area (Å²) in [6, 6.07) is 21.5. The van der Waals surface area contributed by atoms with Crippen LogP contribution in [-0.4, -0.2) is 50.8 Å². The van der Waals surface area contributed by atoms with Gasteiger partial charge in [-0.3, -0.25) is 4.99 Å². The summed E-state index contributed by atoms with van der Waals surface area (Å²) in [6.45, 7) is 4.75. The molecule has 2 aliphatic heterocycles. The largest absolute Gasteiger partial charge is 0.381 e. The SMILES string of the molecule is CN=C(NCC(c1ccccc1)c1ccccc1)N1CCC2(CCOC2)C1. The molecule has 0 bridgehead atoms. The molecule has 2 saturated heterocycles. The Kier molecular flexibility index (Phi) is 5.44. The predicted octanol–water partition coefficient (Wildman–Crippen LogP) is 3.51. The van der Waals surface area contributed by atoms with E-state index in [1.807, 2.05) is 7.05 Å². The van der Waals surface area contributed by atoms with Crippen molar-refractivity contribution in [3.63, 3.8) is 0 Å². The minimum Gasteiger partial charge on any atom is -0.381 e. The molecule has 1 atom stereocenters. The average molecular weight is 364 g/mol. The fraction of sp³-hybridized carbons (Fsp3) is 0.435. The van der Waals surface area contributed by atoms with E-state index in [1.165, 1.54) is 24.0 Å². The predicted molar refractivity (Wildman–Crippen MR) is 110 cm³/mol. The minimum atomic E-state index is 0.301. The Hall–Kier alpha value is -2.33. The van der Waals surface area contributed by atoms with E-state index in [1.54, 1.807) is 0 Å². The lowest BCUT2D eigenvalue weighted by molar-refractivity contribution is 0.156. The highest BCUT2D eigenvalue weighted by atomic mass is 16.5. The van der Waals surface area contributed by atoms with Crippen molar-refractivity contribution in [3.05, 3.63) is 71.8 Å². The zero-order chi connectivity index (χ0) is 18.5. The first-order chi connectivity index (χ1) is 13.3. The van der Waals surface area contributed by atoms with E-state index in [0.717, 1.165) is 38.8 Å². The summed E-state index contributed by atoms with van der Waals surface area (Å²) in [4.78, 5) is 6.98. The van der Waals surface area contributed by atoms with Gasteiger partial charge in [-0.2, -0.15) is 0 Å². The highest BCUT2D eigenvalue weighted by Gasteiger charge is 2.42. The molecule has 1 N–H and O–H groups in total. The Morgan fingerprint density at radius 1 is 1.07 bits per heavy atom. The van der Waals surface area contributed by atoms with Crippen LogP contribution in [0.4, 0.5) is 0 Å². The van der Waals surface area contributed by atoms with Gasteiger partial charge in [-0.25, -0.2) is 0 Å². The van der Waals surface area contributed by atoms with Gasteiger partial charge in [0.15, 0.2) is 5.96 Å². The fourth-order valence-corrected chi connectivity index (χ4v) is 4.41. The fourth-order valence-electron chi connectivity index (χ4n) is 4.41. The molecule has 0 radical (unpaired) electrons. The molecule has 1 unspecified atom stereocenters. The molecule has 27 heavy (non-hydrogen) atoms. The van der Waals surface area contributed by atoms with Crippen molar-refractivity contribution in [3.8, 4) is 0 Å². The lowest BCUT2D eigenvalue weighted by Crippen LogP contribution is -2.43. The normalized spacial score (nSPS) is 22.7. The van der Waals surface area contributed by atoms with E-state index >= 15 is 0 Å². The number of hydrogen-bond acceptors (Lipinski definition) is 2. The summed E-state index contributed by atoms with van der Waals surface area (Å²) < 4.78 is 5.67. The van der Waals surface area contributed by atoms with Gasteiger partial charge < -0.3 is 15.0 Å². The topological polar surface area (TPSA) is 36.9 Å². The molecule has 0 amide bonds. The van der Waals surface area contributed by atoms with Crippen molar-refractivity contribution in [2.45, 2.75) is 18.8 Å². The third-order valence-electron chi connectivity index (χ3n) is 6.00. The molecule has 0 saturated carbocycles. The molecule has 4 rings (SSSR count). The first-order valence-corrected chi connectivity index (χ1v) is 9.93. The minimum absolute atomic E-state index is 0.301. The molecule has 2 aromatic rings. The Morgan fingerprint density at radius 2 is 1.74 bits per heavy atom. The van der Waals surface area contributed by atoms with Gasteiger partial charge in [-0.1, -0.05) is 60.7 Å². The van der Waals surface area contributed by atoms with Crippen molar-refractivity contribution in [1.82, 2.24) is 10.2 Å². The van der Waals surface area contributed by atoms with Crippen LogP contribution in [0.25, 0.3) is 0 Å². The van der Waals surface area contributed by atoms with Gasteiger partial charge in [0, 0.05) is 44.6 Å². The number of nitrogens with zero attached hydrogens (tertiary/aromatic N) is 2. The molecule has 2 aliphatic rings. The van der Waals surface area contributed by atoms with Gasteiger partial charge >= 0.3 is 0 Å². The number of aliphatic imine (C=N–C) groups is 1. The zero-order valence-electron chi connectivity index (χ0n) is 16.1. The first kappa shape index (κ1) is 18.1. The van der Waals surface area contributed by atoms with Crippen molar-refractivity contribution in [2.24, 2.45) is 10.4 Å². The second-order valence-corrected chi connectivity index (χ2v) is 7.78. The van der Waals surface area contributed by atoms with Crippen molar-refractivity contribution >= 4 is 5.96 Å². The highest BCUT2D eigenvalue weighted by Crippen LogP contribution is 2.38. The maximum Gasteiger partial charge on any atom is 0.193 e. The van der Waals surface area contributed by atoms with Crippen LogP contribution in [0.5, 0.6) is 0 Å². The summed E-state index contributed by atoms with van der Waals surface area (Å²) in [5, 5.41) is 3.65. The average Bonchev–Trinajstić information content (AvgIpc) is 3.37. The van der Waals surface area contributed by atoms with Crippen LogP contribution >= 0.6 is 0 Å². The molecule has 2 fully saturated rings. The summed E-state index contributed by atoms with van der Waals surface area (Å²) in [5.74, 6) is 1.31. The third-order valence-corrected chi connectivity index (χ3v) is 6.00. The van der Waals surface area contributed by atoms with Crippen molar-refractivity contribution in [2.75, 3.05) is 39.9 Å². The molecule has 4 heteroatoms. The number of hydrogen-bond donors (Lipinski definition) is 1. The van der Waals surface area contributed by atoms with Gasteiger partial charge in [0.25, 0.3) is 0 Å². The second kappa shape index (κ2) is 8.13. The van der Waals surface area contributed by atoms with Crippen LogP contribution in [0.15, 0.2) is 65.7 Å². The van der Waals surface area contributed by atoms with E-state index in [0.29, 0.717) is 11.3 Å². The van der Waals surface area contributed by atoms with Crippen molar-refractivity contribution in [1.29, 1.82) is 0 Å². The first-order valence-electron chi connectivity index (χ1n) is 9.93. The van der Waals surface area contributed by atoms with Crippen LogP contribution in [-0.2, 0) is 4.74 Å². The van der Waals surface area contributed by atoms with E-state index in [2.05, 4.69) is 75.9 Å². The summed E-state index contributed by atoms with van der Waals surface area (Å²) in [7, 11) is 1.89.